The van der Waals surface area contributed by atoms with E-state index >= 15 is 0 Å². The minimum Gasteiger partial charge on any atom is -0.478 e. The van der Waals surface area contributed by atoms with Gasteiger partial charge in [0.05, 0.1) is 11.0 Å². The number of fused-ring (bicyclic) bond motifs is 3. The number of Topliss-reactive ketones (excluding diaryl/α,β-unsaturated/α-hetero) is 1. The quantitative estimate of drug-likeness (QED) is 0.287. The number of ketones is 1. The van der Waals surface area contributed by atoms with E-state index in [1.54, 1.807) is 36.2 Å². The van der Waals surface area contributed by atoms with Gasteiger partial charge in [-0.15, -0.1) is 0 Å². The zero-order valence-electron chi connectivity index (χ0n) is 22.0. The number of carboxylic acid groups (broad SMARTS) is 1. The monoisotopic (exact) mass is 552 g/mol. The van der Waals surface area contributed by atoms with Crippen molar-refractivity contribution in [2.75, 3.05) is 16.8 Å². The van der Waals surface area contributed by atoms with Gasteiger partial charge in [0, 0.05) is 30.2 Å². The highest BCUT2D eigenvalue weighted by molar-refractivity contribution is 6.18. The number of halogens is 3. The summed E-state index contributed by atoms with van der Waals surface area (Å²) in [6, 6.07) is 8.91. The number of carbonyl (C=O) groups excluding carboxylic acids is 3. The zero-order valence-corrected chi connectivity index (χ0v) is 22.0. The van der Waals surface area contributed by atoms with E-state index < -0.39 is 40.4 Å². The highest BCUT2D eigenvalue weighted by atomic mass is 19.4. The molecule has 1 N–H and O–H groups in total. The summed E-state index contributed by atoms with van der Waals surface area (Å²) in [6.45, 7) is 4.98. The van der Waals surface area contributed by atoms with Crippen LogP contribution in [0.1, 0.15) is 60.8 Å². The highest BCUT2D eigenvalue weighted by Gasteiger charge is 2.58. The Bertz CT molecular complexity index is 1500. The normalized spacial score (nSPS) is 18.9. The molecule has 0 radical (unpaired) electrons. The van der Waals surface area contributed by atoms with Gasteiger partial charge in [0.1, 0.15) is 5.57 Å². The van der Waals surface area contributed by atoms with Gasteiger partial charge in [-0.25, -0.2) is 4.79 Å². The second-order valence-electron chi connectivity index (χ2n) is 10.6. The Morgan fingerprint density at radius 1 is 1.20 bits per heavy atom. The first-order chi connectivity index (χ1) is 18.8. The Morgan fingerprint density at radius 3 is 2.50 bits per heavy atom. The van der Waals surface area contributed by atoms with Crippen LogP contribution in [0.4, 0.5) is 24.5 Å². The molecule has 2 amide bonds. The average molecular weight is 553 g/mol. The Hall–Kier alpha value is -4.21. The third-order valence-electron chi connectivity index (χ3n) is 8.18. The maximum absolute atomic E-state index is 13.8. The van der Waals surface area contributed by atoms with E-state index in [4.69, 9.17) is 0 Å². The van der Waals surface area contributed by atoms with E-state index in [-0.39, 0.29) is 41.5 Å². The van der Waals surface area contributed by atoms with Gasteiger partial charge in [-0.3, -0.25) is 19.3 Å². The van der Waals surface area contributed by atoms with Crippen LogP contribution in [0.2, 0.25) is 0 Å². The van der Waals surface area contributed by atoms with E-state index in [1.807, 2.05) is 0 Å². The average Bonchev–Trinajstić information content (AvgIpc) is 3.56. The van der Waals surface area contributed by atoms with Gasteiger partial charge >= 0.3 is 12.1 Å². The van der Waals surface area contributed by atoms with Gasteiger partial charge in [-0.2, -0.15) is 13.2 Å². The van der Waals surface area contributed by atoms with Crippen LogP contribution in [0.5, 0.6) is 0 Å². The molecule has 0 saturated heterocycles. The molecule has 2 aromatic rings. The summed E-state index contributed by atoms with van der Waals surface area (Å²) in [6.07, 6.45) is -1.58. The lowest BCUT2D eigenvalue weighted by Gasteiger charge is -2.23. The first-order valence-electron chi connectivity index (χ1n) is 12.9. The largest absolute Gasteiger partial charge is 0.478 e. The van der Waals surface area contributed by atoms with Crippen molar-refractivity contribution in [3.63, 3.8) is 0 Å². The summed E-state index contributed by atoms with van der Waals surface area (Å²) in [4.78, 5) is 53.1. The number of anilines is 2. The van der Waals surface area contributed by atoms with Crippen molar-refractivity contribution in [3.8, 4) is 0 Å². The summed E-state index contributed by atoms with van der Waals surface area (Å²) < 4.78 is 40.6. The predicted octanol–water partition coefficient (Wildman–Crippen LogP) is 5.28. The summed E-state index contributed by atoms with van der Waals surface area (Å²) in [7, 11) is 1.67. The standard InChI is InChI=1S/C30H27F3N2O5/c1-16(13-18-7-9-21-20(18)5-4-6-23(21)30(31,32)33)26(37)35(15-22(17(2)36)27(38)39)19-8-10-25-24(14-19)29(11-12-29)28(40)34(25)3/h4-6,8,10,14-15,18H,1,7,9,11-13H2,2-3H3,(H,38,39)/b22-15+. The van der Waals surface area contributed by atoms with Gasteiger partial charge in [-0.05, 0) is 85.9 Å². The lowest BCUT2D eigenvalue weighted by molar-refractivity contribution is -0.138. The van der Waals surface area contributed by atoms with Gasteiger partial charge in [0.2, 0.25) is 5.91 Å². The maximum atomic E-state index is 13.8. The fourth-order valence-corrected chi connectivity index (χ4v) is 5.95. The summed E-state index contributed by atoms with van der Waals surface area (Å²) in [5.41, 5.74) is 0.452. The second kappa shape index (κ2) is 9.46. The number of aliphatic carboxylic acids is 1. The van der Waals surface area contributed by atoms with E-state index in [9.17, 15) is 37.5 Å². The van der Waals surface area contributed by atoms with Crippen LogP contribution in [-0.4, -0.2) is 35.7 Å². The molecule has 5 rings (SSSR count). The molecule has 7 nitrogen and oxygen atoms in total. The summed E-state index contributed by atoms with van der Waals surface area (Å²) in [5, 5.41) is 9.62. The first kappa shape index (κ1) is 27.4. The molecule has 0 bridgehead atoms. The summed E-state index contributed by atoms with van der Waals surface area (Å²) >= 11 is 0. The number of rotatable bonds is 7. The van der Waals surface area contributed by atoms with Crippen molar-refractivity contribution in [3.05, 3.63) is 82.6 Å². The molecule has 1 fully saturated rings. The van der Waals surface area contributed by atoms with E-state index in [0.29, 0.717) is 30.5 Å². The molecule has 208 valence electrons. The maximum Gasteiger partial charge on any atom is 0.416 e. The number of benzene rings is 2. The Labute approximate surface area is 228 Å². The molecule has 3 aliphatic rings. The van der Waals surface area contributed by atoms with Crippen LogP contribution in [-0.2, 0) is 37.2 Å². The molecule has 1 unspecified atom stereocenters. The van der Waals surface area contributed by atoms with Crippen LogP contribution < -0.4 is 9.80 Å². The van der Waals surface area contributed by atoms with E-state index in [0.717, 1.165) is 29.7 Å². The fourth-order valence-electron chi connectivity index (χ4n) is 5.95. The van der Waals surface area contributed by atoms with Crippen LogP contribution in [0.3, 0.4) is 0 Å². The number of carboxylic acids is 1. The summed E-state index contributed by atoms with van der Waals surface area (Å²) in [5.74, 6) is -3.41. The lowest BCUT2D eigenvalue weighted by atomic mass is 9.92. The topological polar surface area (TPSA) is 95.0 Å². The van der Waals surface area contributed by atoms with Crippen molar-refractivity contribution < 1.29 is 37.5 Å². The van der Waals surface area contributed by atoms with Crippen LogP contribution >= 0.6 is 0 Å². The molecule has 40 heavy (non-hydrogen) atoms. The van der Waals surface area contributed by atoms with Crippen molar-refractivity contribution in [2.24, 2.45) is 0 Å². The van der Waals surface area contributed by atoms with Crippen LogP contribution in [0.25, 0.3) is 0 Å². The predicted molar refractivity (Wildman–Crippen MR) is 141 cm³/mol. The molecule has 1 saturated carbocycles. The smallest absolute Gasteiger partial charge is 0.416 e. The van der Waals surface area contributed by atoms with Gasteiger partial charge in [-0.1, -0.05) is 18.7 Å². The number of hydrogen-bond donors (Lipinski definition) is 1. The third kappa shape index (κ3) is 4.41. The van der Waals surface area contributed by atoms with Gasteiger partial charge in [0.15, 0.2) is 5.78 Å². The van der Waals surface area contributed by atoms with Crippen molar-refractivity contribution in [1.29, 1.82) is 0 Å². The molecule has 1 heterocycles. The molecular formula is C30H27F3N2O5. The van der Waals surface area contributed by atoms with Crippen LogP contribution in [0, 0.1) is 0 Å². The number of nitrogens with zero attached hydrogens (tertiary/aromatic N) is 2. The molecule has 1 aliphatic heterocycles. The van der Waals surface area contributed by atoms with Crippen molar-refractivity contribution in [2.45, 2.75) is 56.5 Å². The number of hydrogen-bond acceptors (Lipinski definition) is 4. The Kier molecular flexibility index (Phi) is 6.47. The molecular weight excluding hydrogens is 525 g/mol. The van der Waals surface area contributed by atoms with Gasteiger partial charge in [0.25, 0.3) is 5.91 Å². The highest BCUT2D eigenvalue weighted by Crippen LogP contribution is 2.57. The first-order valence-corrected chi connectivity index (χ1v) is 12.9. The Balaban J connectivity index is 1.50. The number of amides is 2. The third-order valence-corrected chi connectivity index (χ3v) is 8.18. The van der Waals surface area contributed by atoms with Crippen molar-refractivity contribution in [1.82, 2.24) is 0 Å². The van der Waals surface area contributed by atoms with Crippen LogP contribution in [0.15, 0.2) is 60.3 Å². The van der Waals surface area contributed by atoms with E-state index in [2.05, 4.69) is 6.58 Å². The molecule has 10 heteroatoms. The SMILES string of the molecule is C=C(CC1CCc2c1cccc2C(F)(F)F)C(=O)N(/C=C(\C(C)=O)C(=O)O)c1ccc2c(c1)C1(CC1)C(=O)N2C. The van der Waals surface area contributed by atoms with Crippen molar-refractivity contribution >= 4 is 34.9 Å². The molecule has 1 spiro atoms. The fraction of sp³-hybridized carbons (Fsp3) is 0.333. The molecule has 2 aliphatic carbocycles. The van der Waals surface area contributed by atoms with Gasteiger partial charge < -0.3 is 10.0 Å². The second-order valence-corrected chi connectivity index (χ2v) is 10.6. The number of carbonyl (C=O) groups is 4. The minimum absolute atomic E-state index is 0.0504. The number of likely N-dealkylation sites (N-methyl/N-ethyl adjacent to an activating group) is 1. The molecule has 1 atom stereocenters. The Morgan fingerprint density at radius 2 is 1.90 bits per heavy atom. The molecule has 2 aromatic carbocycles. The number of alkyl halides is 3. The lowest BCUT2D eigenvalue weighted by Crippen LogP contribution is -2.29. The van der Waals surface area contributed by atoms with E-state index in [1.165, 1.54) is 6.07 Å². The molecule has 0 aromatic heterocycles. The zero-order chi connectivity index (χ0) is 29.1. The minimum atomic E-state index is -4.49.